The van der Waals surface area contributed by atoms with E-state index in [0.29, 0.717) is 0 Å². The number of carbonyl (C=O) groups is 1. The van der Waals surface area contributed by atoms with E-state index in [1.807, 2.05) is 0 Å². The molecular formula is C16H22O10. The van der Waals surface area contributed by atoms with E-state index in [9.17, 15) is 30.3 Å². The molecule has 10 heteroatoms. The standard InChI is InChI=1S/C16H22O10/c1-2-7-14(24-6-8-13(21)23-4-3-16(7,8)22)26-15-12(20)11(19)10(18)9(5-17)25-15/h2,6-7,9-12,14-15,17-20,22H,1,3-5H2/t7-,9+,10+,11-,12+,14-,15-,16+/m1/s1. The molecule has 0 saturated carbocycles. The number of hydrogen-bond donors (Lipinski definition) is 5. The van der Waals surface area contributed by atoms with Gasteiger partial charge in [-0.25, -0.2) is 4.79 Å². The molecule has 0 spiro atoms. The quantitative estimate of drug-likeness (QED) is 0.264. The molecule has 10 nitrogen and oxygen atoms in total. The van der Waals surface area contributed by atoms with Crippen molar-refractivity contribution in [1.82, 2.24) is 0 Å². The average Bonchev–Trinajstić information content (AvgIpc) is 2.61. The average molecular weight is 374 g/mol. The summed E-state index contributed by atoms with van der Waals surface area (Å²) in [6.45, 7) is 3.03. The second kappa shape index (κ2) is 7.24. The van der Waals surface area contributed by atoms with E-state index >= 15 is 0 Å². The van der Waals surface area contributed by atoms with Crippen molar-refractivity contribution in [3.05, 3.63) is 24.5 Å². The van der Waals surface area contributed by atoms with Gasteiger partial charge in [-0.15, -0.1) is 6.58 Å². The van der Waals surface area contributed by atoms with Crippen molar-refractivity contribution in [2.24, 2.45) is 5.92 Å². The van der Waals surface area contributed by atoms with Crippen molar-refractivity contribution in [2.75, 3.05) is 13.2 Å². The molecule has 2 fully saturated rings. The number of aliphatic hydroxyl groups is 5. The lowest BCUT2D eigenvalue weighted by Gasteiger charge is -2.46. The first-order chi connectivity index (χ1) is 12.3. The van der Waals surface area contributed by atoms with Crippen LogP contribution in [0.25, 0.3) is 0 Å². The Hall–Kier alpha value is -1.53. The summed E-state index contributed by atoms with van der Waals surface area (Å²) in [7, 11) is 0. The highest BCUT2D eigenvalue weighted by atomic mass is 16.8. The topological polar surface area (TPSA) is 155 Å². The van der Waals surface area contributed by atoms with Gasteiger partial charge in [0.2, 0.25) is 6.29 Å². The van der Waals surface area contributed by atoms with Gasteiger partial charge in [-0.05, 0) is 0 Å². The Balaban J connectivity index is 1.81. The summed E-state index contributed by atoms with van der Waals surface area (Å²) in [5, 5.41) is 49.9. The van der Waals surface area contributed by atoms with Gasteiger partial charge in [0, 0.05) is 6.42 Å². The SMILES string of the molecule is C=C[C@@H]1[C@@H](O[C@H]2O[C@@H](CO)[C@H](O)[C@@H](O)[C@@H]2O)OC=C2C(=O)OCC[C@@]21O. The van der Waals surface area contributed by atoms with Gasteiger partial charge in [0.1, 0.15) is 35.6 Å². The lowest BCUT2D eigenvalue weighted by atomic mass is 9.76. The van der Waals surface area contributed by atoms with E-state index in [-0.39, 0.29) is 18.6 Å². The van der Waals surface area contributed by atoms with Crippen LogP contribution in [0.1, 0.15) is 6.42 Å². The Bertz CT molecular complexity index is 590. The first-order valence-corrected chi connectivity index (χ1v) is 8.17. The maximum absolute atomic E-state index is 11.8. The van der Waals surface area contributed by atoms with Crippen LogP contribution in [0.3, 0.4) is 0 Å². The molecule has 146 valence electrons. The summed E-state index contributed by atoms with van der Waals surface area (Å²) < 4.78 is 21.1. The Morgan fingerprint density at radius 2 is 2.00 bits per heavy atom. The highest BCUT2D eigenvalue weighted by Gasteiger charge is 2.54. The summed E-state index contributed by atoms with van der Waals surface area (Å²) in [5.41, 5.74) is -1.70. The van der Waals surface area contributed by atoms with Crippen LogP contribution in [0.2, 0.25) is 0 Å². The molecule has 0 aromatic carbocycles. The molecule has 8 atom stereocenters. The number of hydrogen-bond acceptors (Lipinski definition) is 10. The van der Waals surface area contributed by atoms with Gasteiger partial charge < -0.3 is 44.5 Å². The number of carbonyl (C=O) groups excluding carboxylic acids is 1. The molecule has 0 aromatic heterocycles. The smallest absolute Gasteiger partial charge is 0.340 e. The molecule has 5 N–H and O–H groups in total. The fourth-order valence-corrected chi connectivity index (χ4v) is 3.36. The van der Waals surface area contributed by atoms with Crippen molar-refractivity contribution < 1.29 is 49.3 Å². The number of ether oxygens (including phenoxy) is 4. The van der Waals surface area contributed by atoms with Gasteiger partial charge in [0.05, 0.1) is 25.4 Å². The third-order valence-corrected chi connectivity index (χ3v) is 4.94. The Morgan fingerprint density at radius 1 is 1.27 bits per heavy atom. The van der Waals surface area contributed by atoms with Crippen LogP contribution in [-0.2, 0) is 23.7 Å². The molecule has 3 aliphatic heterocycles. The third kappa shape index (κ3) is 3.03. The van der Waals surface area contributed by atoms with E-state index in [4.69, 9.17) is 18.9 Å². The minimum Gasteiger partial charge on any atom is -0.471 e. The van der Waals surface area contributed by atoms with Crippen LogP contribution in [0, 0.1) is 5.92 Å². The molecule has 0 bridgehead atoms. The fraction of sp³-hybridized carbons (Fsp3) is 0.688. The summed E-state index contributed by atoms with van der Waals surface area (Å²) in [5.74, 6) is -1.61. The van der Waals surface area contributed by atoms with Crippen LogP contribution in [0.15, 0.2) is 24.5 Å². The summed E-state index contributed by atoms with van der Waals surface area (Å²) in [6.07, 6.45) is -6.10. The normalized spacial score (nSPS) is 45.8. The molecule has 0 unspecified atom stereocenters. The van der Waals surface area contributed by atoms with E-state index in [2.05, 4.69) is 6.58 Å². The van der Waals surface area contributed by atoms with Gasteiger partial charge in [-0.2, -0.15) is 0 Å². The predicted octanol–water partition coefficient (Wildman–Crippen LogP) is -2.48. The maximum atomic E-state index is 11.8. The van der Waals surface area contributed by atoms with Crippen molar-refractivity contribution in [3.8, 4) is 0 Å². The lowest BCUT2D eigenvalue weighted by Crippen LogP contribution is -2.61. The second-order valence-electron chi connectivity index (χ2n) is 6.44. The zero-order valence-electron chi connectivity index (χ0n) is 13.8. The van der Waals surface area contributed by atoms with Crippen molar-refractivity contribution in [1.29, 1.82) is 0 Å². The van der Waals surface area contributed by atoms with Crippen LogP contribution < -0.4 is 0 Å². The minimum absolute atomic E-state index is 0.00375. The van der Waals surface area contributed by atoms with Crippen molar-refractivity contribution in [2.45, 2.75) is 49.0 Å². The van der Waals surface area contributed by atoms with Crippen LogP contribution in [0.4, 0.5) is 0 Å². The predicted molar refractivity (Wildman–Crippen MR) is 82.0 cm³/mol. The van der Waals surface area contributed by atoms with Gasteiger partial charge in [-0.3, -0.25) is 0 Å². The Morgan fingerprint density at radius 3 is 2.65 bits per heavy atom. The minimum atomic E-state index is -1.63. The monoisotopic (exact) mass is 374 g/mol. The fourth-order valence-electron chi connectivity index (χ4n) is 3.36. The zero-order chi connectivity index (χ0) is 19.1. The highest BCUT2D eigenvalue weighted by Crippen LogP contribution is 2.42. The number of aliphatic hydroxyl groups excluding tert-OH is 4. The first-order valence-electron chi connectivity index (χ1n) is 8.17. The van der Waals surface area contributed by atoms with Gasteiger partial charge in [-0.1, -0.05) is 6.08 Å². The molecule has 0 aliphatic carbocycles. The zero-order valence-corrected chi connectivity index (χ0v) is 13.8. The first kappa shape index (κ1) is 19.2. The van der Waals surface area contributed by atoms with Gasteiger partial charge in [0.15, 0.2) is 6.29 Å². The largest absolute Gasteiger partial charge is 0.471 e. The van der Waals surface area contributed by atoms with Crippen LogP contribution in [0.5, 0.6) is 0 Å². The molecule has 3 heterocycles. The van der Waals surface area contributed by atoms with Crippen molar-refractivity contribution >= 4 is 5.97 Å². The van der Waals surface area contributed by atoms with Crippen LogP contribution in [-0.4, -0.2) is 87.3 Å². The molecule has 0 radical (unpaired) electrons. The Labute approximate surface area is 148 Å². The second-order valence-corrected chi connectivity index (χ2v) is 6.44. The van der Waals surface area contributed by atoms with Gasteiger partial charge >= 0.3 is 5.97 Å². The van der Waals surface area contributed by atoms with E-state index in [1.165, 1.54) is 6.08 Å². The molecule has 3 aliphatic rings. The number of esters is 1. The third-order valence-electron chi connectivity index (χ3n) is 4.94. The summed E-state index contributed by atoms with van der Waals surface area (Å²) >= 11 is 0. The van der Waals surface area contributed by atoms with E-state index in [0.717, 1.165) is 6.26 Å². The molecular weight excluding hydrogens is 352 g/mol. The molecule has 0 aromatic rings. The van der Waals surface area contributed by atoms with Crippen molar-refractivity contribution in [3.63, 3.8) is 0 Å². The molecule has 0 amide bonds. The number of cyclic esters (lactones) is 1. The lowest BCUT2D eigenvalue weighted by molar-refractivity contribution is -0.344. The molecule has 3 rings (SSSR count). The Kier molecular flexibility index (Phi) is 5.35. The molecule has 26 heavy (non-hydrogen) atoms. The number of rotatable bonds is 4. The van der Waals surface area contributed by atoms with Gasteiger partial charge in [0.25, 0.3) is 0 Å². The van der Waals surface area contributed by atoms with Crippen LogP contribution >= 0.6 is 0 Å². The van der Waals surface area contributed by atoms with E-state index in [1.54, 1.807) is 0 Å². The maximum Gasteiger partial charge on any atom is 0.340 e. The summed E-state index contributed by atoms with van der Waals surface area (Å²) in [4.78, 5) is 11.8. The van der Waals surface area contributed by atoms with E-state index < -0.39 is 61.1 Å². The summed E-state index contributed by atoms with van der Waals surface area (Å²) in [6, 6.07) is 0. The number of fused-ring (bicyclic) bond motifs is 1. The molecule has 2 saturated heterocycles. The highest BCUT2D eigenvalue weighted by molar-refractivity contribution is 5.91.